The summed E-state index contributed by atoms with van der Waals surface area (Å²) in [5, 5.41) is 3.11. The van der Waals surface area contributed by atoms with E-state index in [4.69, 9.17) is 0 Å². The predicted octanol–water partition coefficient (Wildman–Crippen LogP) is 5.85. The quantitative estimate of drug-likeness (QED) is 0.206. The Balaban J connectivity index is 1.17. The molecule has 1 aromatic rings. The van der Waals surface area contributed by atoms with Gasteiger partial charge in [-0.1, -0.05) is 66.4 Å². The molecule has 2 aliphatic heterocycles. The normalized spacial score (nSPS) is 29.4. The average molecular weight is 849 g/mol. The van der Waals surface area contributed by atoms with Gasteiger partial charge in [0.2, 0.25) is 11.8 Å². The number of Topliss-reactive ketones (excluding diaryl/α,β-unsaturated/α-hetero) is 2. The van der Waals surface area contributed by atoms with E-state index in [2.05, 4.69) is 35.4 Å². The van der Waals surface area contributed by atoms with E-state index in [0.717, 1.165) is 64.2 Å². The minimum atomic E-state index is -4.07. The fourth-order valence-corrected chi connectivity index (χ4v) is 13.6. The van der Waals surface area contributed by atoms with Crippen molar-refractivity contribution in [2.24, 2.45) is 44.8 Å². The Morgan fingerprint density at radius 2 is 1.65 bits per heavy atom. The molecule has 3 amide bonds. The summed E-state index contributed by atoms with van der Waals surface area (Å²) >= 11 is 0. The first-order chi connectivity index (χ1) is 28.2. The Labute approximate surface area is 357 Å². The van der Waals surface area contributed by atoms with Crippen LogP contribution in [0.2, 0.25) is 0 Å². The number of rotatable bonds is 15. The van der Waals surface area contributed by atoms with E-state index in [-0.39, 0.29) is 64.3 Å². The lowest BCUT2D eigenvalue weighted by atomic mass is 9.73. The second-order valence-electron chi connectivity index (χ2n) is 20.9. The summed E-state index contributed by atoms with van der Waals surface area (Å²) in [5.74, 6) is -2.54. The number of allylic oxidation sites excluding steroid dienone is 1. The third-order valence-corrected chi connectivity index (χ3v) is 17.9. The summed E-state index contributed by atoms with van der Waals surface area (Å²) in [4.78, 5) is 80.8. The topological polar surface area (TPSA) is 166 Å². The summed E-state index contributed by atoms with van der Waals surface area (Å²) in [5.41, 5.74) is -1.97. The highest BCUT2D eigenvalue weighted by Crippen LogP contribution is 2.88. The standard InChI is InChI=1S/C46H68N6O7S/c1-9-31-26-44(31,41(57)49-60(58,59)51-23-13-14-24-51)28-36(54)34-27-46(43(5,6)45(46)20-16-21-45)29-52(34)40(56)33(42(2,3)4)25-35(53)37(30-17-11-10-12-18-30)48-39(55)32-19-15-22-47-38(32)50(7)8/h9,15,19,22,30-31,33-34,37H,1,10-14,16-18,20-21,23-29H2,2-8H3,(H,48,55)(H,49,57)/t31-,33-,34+,37+,44-,46-/m1/s1. The van der Waals surface area contributed by atoms with Crippen molar-refractivity contribution in [2.45, 2.75) is 137 Å². The Morgan fingerprint density at radius 1 is 0.983 bits per heavy atom. The second-order valence-corrected chi connectivity index (χ2v) is 22.6. The van der Waals surface area contributed by atoms with Crippen LogP contribution in [0, 0.1) is 44.8 Å². The van der Waals surface area contributed by atoms with Crippen molar-refractivity contribution in [3.8, 4) is 0 Å². The molecule has 4 saturated carbocycles. The van der Waals surface area contributed by atoms with Gasteiger partial charge in [0.25, 0.3) is 5.91 Å². The van der Waals surface area contributed by atoms with Crippen LogP contribution in [-0.2, 0) is 29.4 Å². The van der Waals surface area contributed by atoms with Crippen LogP contribution in [0.25, 0.3) is 0 Å². The van der Waals surface area contributed by atoms with Crippen LogP contribution < -0.4 is 14.9 Å². The van der Waals surface area contributed by atoms with Crippen LogP contribution in [0.4, 0.5) is 5.82 Å². The van der Waals surface area contributed by atoms with Crippen molar-refractivity contribution < 1.29 is 32.4 Å². The van der Waals surface area contributed by atoms with Gasteiger partial charge in [0, 0.05) is 64.1 Å². The largest absolute Gasteiger partial charge is 0.362 e. The van der Waals surface area contributed by atoms with Gasteiger partial charge in [-0.05, 0) is 91.6 Å². The van der Waals surface area contributed by atoms with Crippen LogP contribution in [0.5, 0.6) is 0 Å². The average Bonchev–Trinajstić information content (AvgIpc) is 3.63. The van der Waals surface area contributed by atoms with Gasteiger partial charge >= 0.3 is 10.2 Å². The molecule has 2 saturated heterocycles. The van der Waals surface area contributed by atoms with Crippen molar-refractivity contribution in [3.63, 3.8) is 0 Å². The number of nitrogens with one attached hydrogen (secondary N) is 2. The molecule has 6 aliphatic rings. The highest BCUT2D eigenvalue weighted by Gasteiger charge is 2.85. The van der Waals surface area contributed by atoms with E-state index < -0.39 is 44.9 Å². The monoisotopic (exact) mass is 848 g/mol. The molecule has 1 aromatic heterocycles. The fraction of sp³-hybridized carbons (Fsp3) is 0.739. The van der Waals surface area contributed by atoms with E-state index in [1.54, 1.807) is 34.2 Å². The van der Waals surface area contributed by atoms with Crippen LogP contribution >= 0.6 is 0 Å². The number of likely N-dealkylation sites (tertiary alicyclic amines) is 1. The Morgan fingerprint density at radius 3 is 2.20 bits per heavy atom. The molecule has 7 rings (SSSR count). The first kappa shape index (κ1) is 44.4. The number of aromatic nitrogens is 1. The van der Waals surface area contributed by atoms with E-state index >= 15 is 4.79 Å². The number of nitrogens with zero attached hydrogens (tertiary/aromatic N) is 4. The molecule has 60 heavy (non-hydrogen) atoms. The van der Waals surface area contributed by atoms with Crippen LogP contribution in [-0.4, -0.2) is 97.7 Å². The van der Waals surface area contributed by atoms with Gasteiger partial charge in [-0.3, -0.25) is 24.0 Å². The van der Waals surface area contributed by atoms with Crippen LogP contribution in [0.3, 0.4) is 0 Å². The van der Waals surface area contributed by atoms with E-state index in [0.29, 0.717) is 43.9 Å². The summed E-state index contributed by atoms with van der Waals surface area (Å²) in [6.07, 6.45) is 12.9. The number of hydrogen-bond acceptors (Lipinski definition) is 9. The van der Waals surface area contributed by atoms with Crippen molar-refractivity contribution in [3.05, 3.63) is 36.5 Å². The first-order valence-electron chi connectivity index (χ1n) is 22.4. The number of carbonyl (C=O) groups excluding carboxylic acids is 5. The maximum absolute atomic E-state index is 15.4. The molecule has 0 radical (unpaired) electrons. The molecule has 14 heteroatoms. The smallest absolute Gasteiger partial charge is 0.303 e. The van der Waals surface area contributed by atoms with Crippen molar-refractivity contribution in [1.29, 1.82) is 0 Å². The van der Waals surface area contributed by atoms with Gasteiger partial charge in [0.1, 0.15) is 5.82 Å². The maximum Gasteiger partial charge on any atom is 0.303 e. The number of amides is 3. The van der Waals surface area contributed by atoms with Crippen LogP contribution in [0.1, 0.15) is 135 Å². The predicted molar refractivity (Wildman–Crippen MR) is 230 cm³/mol. The fourth-order valence-electron chi connectivity index (χ4n) is 12.3. The molecular weight excluding hydrogens is 781 g/mol. The van der Waals surface area contributed by atoms with Crippen molar-refractivity contribution >= 4 is 45.3 Å². The molecule has 0 unspecified atom stereocenters. The summed E-state index contributed by atoms with van der Waals surface area (Å²) in [6.45, 7) is 15.3. The minimum Gasteiger partial charge on any atom is -0.362 e. The van der Waals surface area contributed by atoms with Gasteiger partial charge in [0.05, 0.1) is 23.1 Å². The lowest BCUT2D eigenvalue weighted by molar-refractivity contribution is -0.146. The second kappa shape index (κ2) is 15.9. The van der Waals surface area contributed by atoms with E-state index in [1.165, 1.54) is 4.31 Å². The molecule has 4 aliphatic carbocycles. The van der Waals surface area contributed by atoms with Crippen LogP contribution in [0.15, 0.2) is 31.0 Å². The summed E-state index contributed by atoms with van der Waals surface area (Å²) in [6, 6.07) is 1.78. The van der Waals surface area contributed by atoms with Crippen molar-refractivity contribution in [2.75, 3.05) is 38.6 Å². The molecule has 2 N–H and O–H groups in total. The van der Waals surface area contributed by atoms with Gasteiger partial charge in [0.15, 0.2) is 11.6 Å². The molecular formula is C46H68N6O7S. The highest BCUT2D eigenvalue weighted by molar-refractivity contribution is 7.87. The third kappa shape index (κ3) is 7.42. The summed E-state index contributed by atoms with van der Waals surface area (Å²) < 4.78 is 30.0. The molecule has 6 fully saturated rings. The zero-order valence-corrected chi connectivity index (χ0v) is 37.8. The summed E-state index contributed by atoms with van der Waals surface area (Å²) in [7, 11) is -0.442. The Hall–Kier alpha value is -3.65. The number of fused-ring (bicyclic) bond motifs is 1. The Kier molecular flexibility index (Phi) is 11.8. The molecule has 2 spiro atoms. The zero-order valence-electron chi connectivity index (χ0n) is 37.0. The van der Waals surface area contributed by atoms with Gasteiger partial charge in [-0.2, -0.15) is 12.7 Å². The van der Waals surface area contributed by atoms with E-state index in [1.807, 2.05) is 34.9 Å². The lowest BCUT2D eigenvalue weighted by Gasteiger charge is -2.37. The zero-order chi connectivity index (χ0) is 43.6. The molecule has 13 nitrogen and oxygen atoms in total. The molecule has 330 valence electrons. The van der Waals surface area contributed by atoms with Crippen molar-refractivity contribution in [1.82, 2.24) is 24.2 Å². The number of anilines is 1. The molecule has 0 bridgehead atoms. The van der Waals surface area contributed by atoms with Gasteiger partial charge < -0.3 is 15.1 Å². The number of carbonyl (C=O) groups is 5. The Bertz CT molecular complexity index is 2010. The molecule has 0 aromatic carbocycles. The minimum absolute atomic E-state index is 0.0107. The number of ketones is 2. The maximum atomic E-state index is 15.4. The molecule has 3 heterocycles. The lowest BCUT2D eigenvalue weighted by Crippen LogP contribution is -2.51. The first-order valence-corrected chi connectivity index (χ1v) is 23.8. The third-order valence-electron chi connectivity index (χ3n) is 16.4. The number of pyridine rings is 1. The highest BCUT2D eigenvalue weighted by atomic mass is 32.2. The van der Waals surface area contributed by atoms with Gasteiger partial charge in [-0.25, -0.2) is 9.71 Å². The number of hydrogen-bond donors (Lipinski definition) is 2. The SMILES string of the molecule is C=C[C@@H]1C[C@]1(CC(=O)[C@@H]1C[C@@]2(CN1C(=O)[C@@H](CC(=O)[C@@H](NC(=O)c1cccnc1N(C)C)C1CCCCC1)C(C)(C)C)C(C)(C)C21CCC1)C(=O)NS(=O)(=O)N1CCCC1. The van der Waals surface area contributed by atoms with Gasteiger partial charge in [-0.15, -0.1) is 6.58 Å². The van der Waals surface area contributed by atoms with E-state index in [9.17, 15) is 27.6 Å². The molecule has 6 atom stereocenters.